The van der Waals surface area contributed by atoms with E-state index in [-0.39, 0.29) is 17.6 Å². The van der Waals surface area contributed by atoms with E-state index in [0.29, 0.717) is 12.2 Å². The minimum Gasteiger partial charge on any atom is -0.369 e. The number of hydrogen-bond acceptors (Lipinski definition) is 3. The van der Waals surface area contributed by atoms with Crippen molar-refractivity contribution < 1.29 is 9.59 Å². The third kappa shape index (κ3) is 5.97. The minimum absolute atomic E-state index is 0.0502. The molecule has 4 nitrogen and oxygen atoms in total. The van der Waals surface area contributed by atoms with Crippen LogP contribution in [0.2, 0.25) is 0 Å². The molecule has 0 aliphatic carbocycles. The number of carbonyl (C=O) groups excluding carboxylic acids is 2. The number of nitrogens with two attached hydrogens (primary N) is 1. The van der Waals surface area contributed by atoms with Gasteiger partial charge in [-0.3, -0.25) is 9.59 Å². The Morgan fingerprint density at radius 1 is 1.29 bits per heavy atom. The van der Waals surface area contributed by atoms with E-state index in [1.807, 2.05) is 31.2 Å². The first-order valence-corrected chi connectivity index (χ1v) is 6.46. The van der Waals surface area contributed by atoms with Gasteiger partial charge in [0.05, 0.1) is 5.75 Å². The van der Waals surface area contributed by atoms with Gasteiger partial charge in [-0.2, -0.15) is 11.8 Å². The number of nitrogens with one attached hydrogen (secondary N) is 1. The average molecular weight is 252 g/mol. The molecule has 3 N–H and O–H groups in total. The highest BCUT2D eigenvalue weighted by atomic mass is 32.2. The van der Waals surface area contributed by atoms with Crippen LogP contribution in [0.25, 0.3) is 0 Å². The largest absolute Gasteiger partial charge is 0.369 e. The number of thioether (sulfide) groups is 1. The molecular formula is C12H16N2O2S. The van der Waals surface area contributed by atoms with Crippen molar-refractivity contribution in [2.45, 2.75) is 13.3 Å². The zero-order chi connectivity index (χ0) is 12.7. The minimum atomic E-state index is -0.353. The van der Waals surface area contributed by atoms with E-state index < -0.39 is 0 Å². The maximum absolute atomic E-state index is 11.5. The number of rotatable bonds is 6. The molecule has 92 valence electrons. The lowest BCUT2D eigenvalue weighted by Crippen LogP contribution is -2.15. The van der Waals surface area contributed by atoms with Crippen LogP contribution in [0.3, 0.4) is 0 Å². The molecule has 0 atom stereocenters. The Hall–Kier alpha value is -1.49. The molecule has 17 heavy (non-hydrogen) atoms. The van der Waals surface area contributed by atoms with Gasteiger partial charge >= 0.3 is 0 Å². The van der Waals surface area contributed by atoms with Gasteiger partial charge in [0.2, 0.25) is 11.8 Å². The van der Waals surface area contributed by atoms with E-state index in [1.54, 1.807) is 0 Å². The number of aryl methyl sites for hydroxylation is 1. The number of carbonyl (C=O) groups is 2. The van der Waals surface area contributed by atoms with Crippen molar-refractivity contribution in [1.82, 2.24) is 0 Å². The lowest BCUT2D eigenvalue weighted by molar-refractivity contribution is -0.116. The molecule has 1 rings (SSSR count). The Kier molecular flexibility index (Phi) is 5.56. The van der Waals surface area contributed by atoms with E-state index >= 15 is 0 Å². The van der Waals surface area contributed by atoms with Gasteiger partial charge in [0.1, 0.15) is 0 Å². The molecule has 0 spiro atoms. The first-order chi connectivity index (χ1) is 8.08. The monoisotopic (exact) mass is 252 g/mol. The van der Waals surface area contributed by atoms with Gasteiger partial charge in [-0.15, -0.1) is 0 Å². The molecule has 0 heterocycles. The van der Waals surface area contributed by atoms with Crippen LogP contribution in [0.1, 0.15) is 12.0 Å². The smallest absolute Gasteiger partial charge is 0.227 e. The summed E-state index contributed by atoms with van der Waals surface area (Å²) in [4.78, 5) is 22.0. The van der Waals surface area contributed by atoms with Gasteiger partial charge in [0.25, 0.3) is 0 Å². The molecule has 0 radical (unpaired) electrons. The van der Waals surface area contributed by atoms with Crippen molar-refractivity contribution in [2.75, 3.05) is 16.8 Å². The standard InChI is InChI=1S/C12H16N2O2S/c1-9-2-4-10(5-3-9)14-12(16)6-7-17-8-11(13)15/h2-5H,6-8H2,1H3,(H2,13,15)(H,14,16). The summed E-state index contributed by atoms with van der Waals surface area (Å²) in [6.45, 7) is 1.99. The Bertz CT molecular complexity index is 390. The van der Waals surface area contributed by atoms with Crippen LogP contribution in [0, 0.1) is 6.92 Å². The first kappa shape index (κ1) is 13.6. The Morgan fingerprint density at radius 2 is 1.94 bits per heavy atom. The van der Waals surface area contributed by atoms with Crippen LogP contribution < -0.4 is 11.1 Å². The van der Waals surface area contributed by atoms with Crippen LogP contribution in [-0.4, -0.2) is 23.3 Å². The molecule has 0 saturated carbocycles. The quantitative estimate of drug-likeness (QED) is 0.754. The van der Waals surface area contributed by atoms with Crippen molar-refractivity contribution in [3.05, 3.63) is 29.8 Å². The lowest BCUT2D eigenvalue weighted by atomic mass is 10.2. The summed E-state index contributed by atoms with van der Waals surface area (Å²) in [7, 11) is 0. The second-order valence-corrected chi connectivity index (χ2v) is 4.79. The predicted molar refractivity (Wildman–Crippen MR) is 70.9 cm³/mol. The van der Waals surface area contributed by atoms with Gasteiger partial charge < -0.3 is 11.1 Å². The van der Waals surface area contributed by atoms with Crippen LogP contribution in [0.5, 0.6) is 0 Å². The number of benzene rings is 1. The van der Waals surface area contributed by atoms with Crippen molar-refractivity contribution in [1.29, 1.82) is 0 Å². The second kappa shape index (κ2) is 6.96. The highest BCUT2D eigenvalue weighted by molar-refractivity contribution is 7.99. The number of primary amides is 1. The van der Waals surface area contributed by atoms with E-state index in [0.717, 1.165) is 11.3 Å². The van der Waals surface area contributed by atoms with Crippen molar-refractivity contribution >= 4 is 29.3 Å². The molecule has 0 aliphatic rings. The third-order valence-electron chi connectivity index (χ3n) is 2.05. The van der Waals surface area contributed by atoms with E-state index in [1.165, 1.54) is 11.8 Å². The SMILES string of the molecule is Cc1ccc(NC(=O)CCSCC(N)=O)cc1. The highest BCUT2D eigenvalue weighted by Gasteiger charge is 2.03. The molecule has 0 saturated heterocycles. The molecule has 1 aromatic rings. The maximum Gasteiger partial charge on any atom is 0.227 e. The highest BCUT2D eigenvalue weighted by Crippen LogP contribution is 2.09. The van der Waals surface area contributed by atoms with Crippen molar-refractivity contribution in [3.63, 3.8) is 0 Å². The van der Waals surface area contributed by atoms with Crippen LogP contribution in [-0.2, 0) is 9.59 Å². The molecule has 1 aromatic carbocycles. The van der Waals surface area contributed by atoms with Gasteiger partial charge in [0.15, 0.2) is 0 Å². The molecule has 0 unspecified atom stereocenters. The number of anilines is 1. The Labute approximate surface area is 105 Å². The van der Waals surface area contributed by atoms with Gasteiger partial charge in [-0.05, 0) is 19.1 Å². The fraction of sp³-hybridized carbons (Fsp3) is 0.333. The summed E-state index contributed by atoms with van der Waals surface area (Å²) in [6.07, 6.45) is 0.381. The molecule has 0 fully saturated rings. The zero-order valence-electron chi connectivity index (χ0n) is 9.73. The summed E-state index contributed by atoms with van der Waals surface area (Å²) >= 11 is 1.37. The fourth-order valence-electron chi connectivity index (χ4n) is 1.20. The molecule has 0 bridgehead atoms. The van der Waals surface area contributed by atoms with Crippen molar-refractivity contribution in [2.24, 2.45) is 5.73 Å². The van der Waals surface area contributed by atoms with Gasteiger partial charge in [-0.25, -0.2) is 0 Å². The predicted octanol–water partition coefficient (Wildman–Crippen LogP) is 1.54. The fourth-order valence-corrected chi connectivity index (χ4v) is 1.87. The normalized spacial score (nSPS) is 9.94. The van der Waals surface area contributed by atoms with Gasteiger partial charge in [0, 0.05) is 17.9 Å². The Morgan fingerprint density at radius 3 is 2.53 bits per heavy atom. The van der Waals surface area contributed by atoms with Gasteiger partial charge in [-0.1, -0.05) is 17.7 Å². The van der Waals surface area contributed by atoms with E-state index in [2.05, 4.69) is 5.32 Å². The summed E-state index contributed by atoms with van der Waals surface area (Å²) in [5.41, 5.74) is 6.93. The van der Waals surface area contributed by atoms with E-state index in [4.69, 9.17) is 5.73 Å². The molecular weight excluding hydrogens is 236 g/mol. The van der Waals surface area contributed by atoms with E-state index in [9.17, 15) is 9.59 Å². The molecule has 2 amide bonds. The second-order valence-electron chi connectivity index (χ2n) is 3.68. The number of amides is 2. The van der Waals surface area contributed by atoms with Crippen LogP contribution >= 0.6 is 11.8 Å². The first-order valence-electron chi connectivity index (χ1n) is 5.30. The van der Waals surface area contributed by atoms with Crippen LogP contribution in [0.15, 0.2) is 24.3 Å². The average Bonchev–Trinajstić information content (AvgIpc) is 2.27. The lowest BCUT2D eigenvalue weighted by Gasteiger charge is -2.05. The topological polar surface area (TPSA) is 72.2 Å². The summed E-state index contributed by atoms with van der Waals surface area (Å²) in [5, 5.41) is 2.79. The molecule has 5 heteroatoms. The molecule has 0 aromatic heterocycles. The summed E-state index contributed by atoms with van der Waals surface area (Å²) < 4.78 is 0. The summed E-state index contributed by atoms with van der Waals surface area (Å²) in [6, 6.07) is 7.61. The third-order valence-corrected chi connectivity index (χ3v) is 3.03. The Balaban J connectivity index is 2.25. The van der Waals surface area contributed by atoms with Crippen molar-refractivity contribution in [3.8, 4) is 0 Å². The number of hydrogen-bond donors (Lipinski definition) is 2. The van der Waals surface area contributed by atoms with Crippen LogP contribution in [0.4, 0.5) is 5.69 Å². The molecule has 0 aliphatic heterocycles. The summed E-state index contributed by atoms with van der Waals surface area (Å²) in [5.74, 6) is 0.457. The zero-order valence-corrected chi connectivity index (χ0v) is 10.5. The maximum atomic E-state index is 11.5.